The second kappa shape index (κ2) is 5.86. The van der Waals surface area contributed by atoms with E-state index in [1.54, 1.807) is 0 Å². The predicted molar refractivity (Wildman–Crippen MR) is 72.5 cm³/mol. The van der Waals surface area contributed by atoms with E-state index in [9.17, 15) is 8.78 Å². The quantitative estimate of drug-likeness (QED) is 0.389. The SMILES string of the molecule is CCc1nc(CC)n(-c2c(F)cc(C(N)=NO)cc2F)n1. The van der Waals surface area contributed by atoms with E-state index in [0.29, 0.717) is 24.5 Å². The molecule has 0 saturated carbocycles. The maximum absolute atomic E-state index is 14.2. The Morgan fingerprint density at radius 2 is 1.90 bits per heavy atom. The van der Waals surface area contributed by atoms with Crippen LogP contribution in [0.2, 0.25) is 0 Å². The summed E-state index contributed by atoms with van der Waals surface area (Å²) in [5, 5.41) is 15.4. The Hall–Kier alpha value is -2.51. The van der Waals surface area contributed by atoms with Gasteiger partial charge in [0, 0.05) is 18.4 Å². The molecule has 2 aromatic rings. The summed E-state index contributed by atoms with van der Waals surface area (Å²) >= 11 is 0. The zero-order valence-electron chi connectivity index (χ0n) is 11.6. The molecule has 6 nitrogen and oxygen atoms in total. The summed E-state index contributed by atoms with van der Waals surface area (Å²) in [5.74, 6) is -1.13. The monoisotopic (exact) mass is 295 g/mol. The third kappa shape index (κ3) is 2.69. The number of nitrogens with two attached hydrogens (primary N) is 1. The Morgan fingerprint density at radius 3 is 2.38 bits per heavy atom. The molecular formula is C13H15F2N5O. The lowest BCUT2D eigenvalue weighted by Gasteiger charge is -2.09. The summed E-state index contributed by atoms with van der Waals surface area (Å²) in [6.07, 6.45) is 1.04. The number of halogens is 2. The van der Waals surface area contributed by atoms with Gasteiger partial charge in [-0.3, -0.25) is 0 Å². The summed E-state index contributed by atoms with van der Waals surface area (Å²) < 4.78 is 29.6. The lowest BCUT2D eigenvalue weighted by molar-refractivity contribution is 0.318. The van der Waals surface area contributed by atoms with Gasteiger partial charge >= 0.3 is 0 Å². The molecule has 1 aromatic heterocycles. The summed E-state index contributed by atoms with van der Waals surface area (Å²) in [6.45, 7) is 3.67. The van der Waals surface area contributed by atoms with Crippen molar-refractivity contribution >= 4 is 5.84 Å². The van der Waals surface area contributed by atoms with E-state index in [-0.39, 0.29) is 17.1 Å². The highest BCUT2D eigenvalue weighted by atomic mass is 19.1. The molecule has 2 rings (SSSR count). The zero-order chi connectivity index (χ0) is 15.6. The molecule has 0 aliphatic carbocycles. The van der Waals surface area contributed by atoms with E-state index in [4.69, 9.17) is 10.9 Å². The number of benzene rings is 1. The van der Waals surface area contributed by atoms with Crippen molar-refractivity contribution in [1.82, 2.24) is 14.8 Å². The van der Waals surface area contributed by atoms with E-state index in [1.165, 1.54) is 0 Å². The first-order chi connectivity index (χ1) is 10.0. The van der Waals surface area contributed by atoms with Gasteiger partial charge in [0.1, 0.15) is 11.5 Å². The van der Waals surface area contributed by atoms with Gasteiger partial charge in [0.2, 0.25) is 0 Å². The van der Waals surface area contributed by atoms with E-state index < -0.39 is 11.6 Å². The highest BCUT2D eigenvalue weighted by molar-refractivity contribution is 5.97. The standard InChI is InChI=1S/C13H15F2N5O/c1-3-10-17-11(4-2)20(18-10)12-8(14)5-7(6-9(12)15)13(16)19-21/h5-6,21H,3-4H2,1-2H3,(H2,16,19). The van der Waals surface area contributed by atoms with Crippen molar-refractivity contribution in [2.45, 2.75) is 26.7 Å². The van der Waals surface area contributed by atoms with E-state index >= 15 is 0 Å². The summed E-state index contributed by atoms with van der Waals surface area (Å²) in [6, 6.07) is 1.97. The first kappa shape index (κ1) is 14.9. The molecule has 0 aliphatic rings. The number of oxime groups is 1. The Morgan fingerprint density at radius 1 is 1.29 bits per heavy atom. The van der Waals surface area contributed by atoms with Crippen LogP contribution < -0.4 is 5.73 Å². The summed E-state index contributed by atoms with van der Waals surface area (Å²) in [5.41, 5.74) is 4.96. The van der Waals surface area contributed by atoms with Crippen LogP contribution in [0, 0.1) is 11.6 Å². The second-order valence-electron chi connectivity index (χ2n) is 4.34. The van der Waals surface area contributed by atoms with Crippen LogP contribution in [-0.4, -0.2) is 25.8 Å². The minimum Gasteiger partial charge on any atom is -0.409 e. The van der Waals surface area contributed by atoms with Crippen LogP contribution in [0.25, 0.3) is 5.69 Å². The average molecular weight is 295 g/mol. The fourth-order valence-electron chi connectivity index (χ4n) is 1.92. The van der Waals surface area contributed by atoms with Crippen molar-refractivity contribution < 1.29 is 14.0 Å². The van der Waals surface area contributed by atoms with Crippen molar-refractivity contribution in [3.05, 3.63) is 41.0 Å². The molecule has 0 bridgehead atoms. The van der Waals surface area contributed by atoms with Gasteiger partial charge < -0.3 is 10.9 Å². The van der Waals surface area contributed by atoms with Crippen LogP contribution >= 0.6 is 0 Å². The maximum Gasteiger partial charge on any atom is 0.170 e. The summed E-state index contributed by atoms with van der Waals surface area (Å²) in [4.78, 5) is 4.21. The van der Waals surface area contributed by atoms with Gasteiger partial charge in [0.25, 0.3) is 0 Å². The molecular weight excluding hydrogens is 280 g/mol. The van der Waals surface area contributed by atoms with Crippen LogP contribution in [-0.2, 0) is 12.8 Å². The van der Waals surface area contributed by atoms with Crippen molar-refractivity contribution in [3.63, 3.8) is 0 Å². The van der Waals surface area contributed by atoms with Crippen molar-refractivity contribution in [2.75, 3.05) is 0 Å². The van der Waals surface area contributed by atoms with Gasteiger partial charge in [-0.15, -0.1) is 0 Å². The first-order valence-electron chi connectivity index (χ1n) is 6.43. The minimum atomic E-state index is -0.862. The fourth-order valence-corrected chi connectivity index (χ4v) is 1.92. The highest BCUT2D eigenvalue weighted by Crippen LogP contribution is 2.21. The molecule has 3 N–H and O–H groups in total. The molecule has 0 radical (unpaired) electrons. The molecule has 0 fully saturated rings. The number of amidine groups is 1. The highest BCUT2D eigenvalue weighted by Gasteiger charge is 2.19. The molecule has 0 aliphatic heterocycles. The normalized spacial score (nSPS) is 11.9. The number of rotatable bonds is 4. The molecule has 0 atom stereocenters. The van der Waals surface area contributed by atoms with Gasteiger partial charge in [0.15, 0.2) is 23.3 Å². The summed E-state index contributed by atoms with van der Waals surface area (Å²) in [7, 11) is 0. The fraction of sp³-hybridized carbons (Fsp3) is 0.308. The van der Waals surface area contributed by atoms with E-state index in [0.717, 1.165) is 16.8 Å². The zero-order valence-corrected chi connectivity index (χ0v) is 11.6. The maximum atomic E-state index is 14.2. The molecule has 1 heterocycles. The average Bonchev–Trinajstić information content (AvgIpc) is 2.88. The number of aromatic nitrogens is 3. The van der Waals surface area contributed by atoms with Crippen molar-refractivity contribution in [2.24, 2.45) is 10.9 Å². The second-order valence-corrected chi connectivity index (χ2v) is 4.34. The Bertz CT molecular complexity index is 673. The number of hydrogen-bond donors (Lipinski definition) is 2. The largest absolute Gasteiger partial charge is 0.409 e. The van der Waals surface area contributed by atoms with E-state index in [2.05, 4.69) is 15.2 Å². The third-order valence-corrected chi connectivity index (χ3v) is 2.98. The topological polar surface area (TPSA) is 89.3 Å². The van der Waals surface area contributed by atoms with Crippen LogP contribution in [0.15, 0.2) is 17.3 Å². The first-order valence-corrected chi connectivity index (χ1v) is 6.43. The molecule has 0 unspecified atom stereocenters. The smallest absolute Gasteiger partial charge is 0.170 e. The van der Waals surface area contributed by atoms with Crippen LogP contribution in [0.5, 0.6) is 0 Å². The number of hydrogen-bond acceptors (Lipinski definition) is 4. The van der Waals surface area contributed by atoms with Gasteiger partial charge in [-0.1, -0.05) is 19.0 Å². The molecule has 0 amide bonds. The number of nitrogens with zero attached hydrogens (tertiary/aromatic N) is 4. The lowest BCUT2D eigenvalue weighted by atomic mass is 10.1. The van der Waals surface area contributed by atoms with Gasteiger partial charge in [-0.05, 0) is 12.1 Å². The third-order valence-electron chi connectivity index (χ3n) is 2.98. The number of aryl methyl sites for hydroxylation is 2. The Balaban J connectivity index is 2.62. The molecule has 112 valence electrons. The lowest BCUT2D eigenvalue weighted by Crippen LogP contribution is -2.15. The minimum absolute atomic E-state index is 0.0508. The molecule has 0 saturated heterocycles. The molecule has 8 heteroatoms. The van der Waals surface area contributed by atoms with Crippen LogP contribution in [0.4, 0.5) is 8.78 Å². The van der Waals surface area contributed by atoms with Gasteiger partial charge in [-0.2, -0.15) is 5.10 Å². The molecule has 1 aromatic carbocycles. The van der Waals surface area contributed by atoms with Gasteiger partial charge in [0.05, 0.1) is 0 Å². The molecule has 0 spiro atoms. The van der Waals surface area contributed by atoms with Crippen LogP contribution in [0.1, 0.15) is 31.1 Å². The van der Waals surface area contributed by atoms with Crippen molar-refractivity contribution in [1.29, 1.82) is 0 Å². The predicted octanol–water partition coefficient (Wildman–Crippen LogP) is 1.76. The van der Waals surface area contributed by atoms with Crippen LogP contribution in [0.3, 0.4) is 0 Å². The van der Waals surface area contributed by atoms with Crippen molar-refractivity contribution in [3.8, 4) is 5.69 Å². The Kier molecular flexibility index (Phi) is 4.15. The Labute approximate surface area is 119 Å². The van der Waals surface area contributed by atoms with Gasteiger partial charge in [-0.25, -0.2) is 18.4 Å². The van der Waals surface area contributed by atoms with E-state index in [1.807, 2.05) is 13.8 Å². The molecule has 21 heavy (non-hydrogen) atoms.